The number of benzene rings is 2. The minimum atomic E-state index is -0.652. The van der Waals surface area contributed by atoms with Crippen LogP contribution in [0.5, 0.6) is 11.5 Å². The normalized spacial score (nSPS) is 21.9. The molecule has 7 nitrogen and oxygen atoms in total. The van der Waals surface area contributed by atoms with E-state index in [2.05, 4.69) is 0 Å². The van der Waals surface area contributed by atoms with Gasteiger partial charge >= 0.3 is 0 Å². The molecule has 1 aromatic heterocycles. The number of fused-ring (bicyclic) bond motifs is 5. The zero-order chi connectivity index (χ0) is 22.3. The van der Waals surface area contributed by atoms with Gasteiger partial charge in [0.1, 0.15) is 12.1 Å². The number of rotatable bonds is 1. The lowest BCUT2D eigenvalue weighted by Crippen LogP contribution is -2.62. The molecule has 4 heterocycles. The molecule has 3 aliphatic rings. The molecular formula is C22H16Cl3N3O4. The maximum atomic E-state index is 13.2. The third-order valence-electron chi connectivity index (χ3n) is 6.40. The lowest BCUT2D eigenvalue weighted by molar-refractivity contribution is -0.157. The third-order valence-corrected chi connectivity index (χ3v) is 7.49. The van der Waals surface area contributed by atoms with E-state index in [0.29, 0.717) is 39.2 Å². The lowest BCUT2D eigenvalue weighted by Gasteiger charge is -2.46. The van der Waals surface area contributed by atoms with Crippen LogP contribution in [0, 0.1) is 0 Å². The van der Waals surface area contributed by atoms with E-state index in [4.69, 9.17) is 44.5 Å². The van der Waals surface area contributed by atoms with Gasteiger partial charge in [0.15, 0.2) is 11.5 Å². The Balaban J connectivity index is 1.64. The summed E-state index contributed by atoms with van der Waals surface area (Å²) in [5.41, 5.74) is 3.02. The van der Waals surface area contributed by atoms with Crippen molar-refractivity contribution in [3.8, 4) is 11.5 Å². The Kier molecular flexibility index (Phi) is 4.35. The molecule has 0 spiro atoms. The Morgan fingerprint density at radius 1 is 1.03 bits per heavy atom. The predicted molar refractivity (Wildman–Crippen MR) is 120 cm³/mol. The Bertz CT molecular complexity index is 1340. The second-order valence-electron chi connectivity index (χ2n) is 8.16. The fraction of sp³-hybridized carbons (Fsp3) is 0.273. The van der Waals surface area contributed by atoms with E-state index < -0.39 is 12.1 Å². The molecule has 3 aliphatic heterocycles. The quantitative estimate of drug-likeness (QED) is 0.515. The number of aromatic nitrogens is 1. The van der Waals surface area contributed by atoms with Crippen LogP contribution in [0.25, 0.3) is 10.9 Å². The SMILES string of the molecule is CN1CC(=O)N2[C@H](c3ccc4c(c3)OCO4)c3c(c4cc(Cl)c(Cl)cc4n3Cl)C[C@@H]2C1=O. The molecule has 2 aromatic carbocycles. The average Bonchev–Trinajstić information content (AvgIpc) is 3.34. The fourth-order valence-electron chi connectivity index (χ4n) is 4.96. The van der Waals surface area contributed by atoms with E-state index in [-0.39, 0.29) is 25.2 Å². The summed E-state index contributed by atoms with van der Waals surface area (Å²) in [7, 11) is 1.64. The summed E-state index contributed by atoms with van der Waals surface area (Å²) < 4.78 is 12.5. The lowest BCUT2D eigenvalue weighted by atomic mass is 9.86. The molecule has 0 N–H and O–H groups in total. The van der Waals surface area contributed by atoms with Crippen LogP contribution in [-0.4, -0.2) is 52.1 Å². The first-order valence-electron chi connectivity index (χ1n) is 9.99. The first kappa shape index (κ1) is 20.0. The summed E-state index contributed by atoms with van der Waals surface area (Å²) in [5, 5.41) is 1.58. The molecule has 164 valence electrons. The standard InChI is InChI=1S/C22H16Cl3N3O4/c1-26-8-19(29)27-16(22(26)30)6-12-11-5-13(23)14(24)7-15(11)28(25)21(12)20(27)10-2-3-17-18(4-10)32-9-31-17/h2-5,7,16,20H,6,8-9H2,1H3/t16-,20-/m1/s1. The molecule has 6 rings (SSSR count). The summed E-state index contributed by atoms with van der Waals surface area (Å²) in [6, 6.07) is 7.74. The highest BCUT2D eigenvalue weighted by atomic mass is 35.5. The fourth-order valence-corrected chi connectivity index (χ4v) is 5.62. The van der Waals surface area contributed by atoms with Gasteiger partial charge in [-0.1, -0.05) is 29.3 Å². The average molecular weight is 493 g/mol. The minimum Gasteiger partial charge on any atom is -0.454 e. The summed E-state index contributed by atoms with van der Waals surface area (Å²) in [6.45, 7) is 0.141. The number of likely N-dealkylation sites (N-methyl/N-ethyl adjacent to an activating group) is 1. The molecule has 0 aliphatic carbocycles. The van der Waals surface area contributed by atoms with E-state index in [0.717, 1.165) is 16.5 Å². The zero-order valence-corrected chi connectivity index (χ0v) is 19.0. The van der Waals surface area contributed by atoms with Crippen molar-refractivity contribution in [1.82, 2.24) is 13.9 Å². The van der Waals surface area contributed by atoms with Crippen molar-refractivity contribution in [2.45, 2.75) is 18.5 Å². The van der Waals surface area contributed by atoms with Crippen molar-refractivity contribution < 1.29 is 19.1 Å². The smallest absolute Gasteiger partial charge is 0.245 e. The highest BCUT2D eigenvalue weighted by Crippen LogP contribution is 2.47. The molecule has 0 bridgehead atoms. The molecule has 0 saturated carbocycles. The minimum absolute atomic E-state index is 0.00584. The number of nitrogens with zero attached hydrogens (tertiary/aromatic N) is 3. The van der Waals surface area contributed by atoms with Crippen LogP contribution in [0.1, 0.15) is 22.9 Å². The van der Waals surface area contributed by atoms with Crippen LogP contribution < -0.4 is 9.47 Å². The Labute approximate surface area is 198 Å². The summed E-state index contributed by atoms with van der Waals surface area (Å²) in [4.78, 5) is 29.5. The summed E-state index contributed by atoms with van der Waals surface area (Å²) >= 11 is 19.4. The van der Waals surface area contributed by atoms with Crippen molar-refractivity contribution in [3.05, 3.63) is 57.2 Å². The van der Waals surface area contributed by atoms with Crippen molar-refractivity contribution >= 4 is 57.7 Å². The van der Waals surface area contributed by atoms with Crippen molar-refractivity contribution in [2.75, 3.05) is 20.4 Å². The zero-order valence-electron chi connectivity index (χ0n) is 16.8. The Morgan fingerprint density at radius 2 is 1.78 bits per heavy atom. The molecule has 2 amide bonds. The molecule has 0 radical (unpaired) electrons. The van der Waals surface area contributed by atoms with Crippen LogP contribution in [0.4, 0.5) is 0 Å². The number of carbonyl (C=O) groups excluding carboxylic acids is 2. The van der Waals surface area contributed by atoms with Gasteiger partial charge in [-0.25, -0.2) is 0 Å². The van der Waals surface area contributed by atoms with E-state index in [9.17, 15) is 9.59 Å². The molecule has 2 atom stereocenters. The highest BCUT2D eigenvalue weighted by molar-refractivity contribution is 6.43. The van der Waals surface area contributed by atoms with Gasteiger partial charge in [-0.2, -0.15) is 0 Å². The van der Waals surface area contributed by atoms with Crippen LogP contribution in [0.2, 0.25) is 10.0 Å². The van der Waals surface area contributed by atoms with Crippen molar-refractivity contribution in [1.29, 1.82) is 0 Å². The third kappa shape index (κ3) is 2.68. The van der Waals surface area contributed by atoms with Gasteiger partial charge in [0.2, 0.25) is 18.6 Å². The number of hydrogen-bond donors (Lipinski definition) is 0. The molecular weight excluding hydrogens is 477 g/mol. The van der Waals surface area contributed by atoms with Gasteiger partial charge in [-0.05, 0) is 35.4 Å². The second-order valence-corrected chi connectivity index (χ2v) is 9.31. The first-order chi connectivity index (χ1) is 15.3. The first-order valence-corrected chi connectivity index (χ1v) is 11.1. The van der Waals surface area contributed by atoms with Gasteiger partial charge in [0.05, 0.1) is 27.8 Å². The van der Waals surface area contributed by atoms with Gasteiger partial charge in [-0.3, -0.25) is 13.7 Å². The van der Waals surface area contributed by atoms with Gasteiger partial charge < -0.3 is 19.3 Å². The van der Waals surface area contributed by atoms with E-state index in [1.807, 2.05) is 12.1 Å². The number of piperazine rings is 1. The maximum absolute atomic E-state index is 13.2. The maximum Gasteiger partial charge on any atom is 0.245 e. The molecule has 0 unspecified atom stereocenters. The molecule has 1 fully saturated rings. The topological polar surface area (TPSA) is 64.0 Å². The summed E-state index contributed by atoms with van der Waals surface area (Å²) in [6.07, 6.45) is 0.333. The second kappa shape index (κ2) is 6.94. The largest absolute Gasteiger partial charge is 0.454 e. The number of amides is 2. The van der Waals surface area contributed by atoms with Crippen molar-refractivity contribution in [2.24, 2.45) is 0 Å². The predicted octanol–water partition coefficient (Wildman–Crippen LogP) is 3.99. The van der Waals surface area contributed by atoms with Gasteiger partial charge in [0, 0.05) is 30.6 Å². The van der Waals surface area contributed by atoms with E-state index in [1.165, 1.54) is 8.99 Å². The number of ether oxygens (including phenoxy) is 2. The Hall–Kier alpha value is -2.61. The highest BCUT2D eigenvalue weighted by Gasteiger charge is 2.48. The van der Waals surface area contributed by atoms with Crippen molar-refractivity contribution in [3.63, 3.8) is 0 Å². The molecule has 1 saturated heterocycles. The van der Waals surface area contributed by atoms with E-state index in [1.54, 1.807) is 30.1 Å². The van der Waals surface area contributed by atoms with Crippen LogP contribution in [0.15, 0.2) is 30.3 Å². The van der Waals surface area contributed by atoms with Crippen LogP contribution in [0.3, 0.4) is 0 Å². The summed E-state index contributed by atoms with van der Waals surface area (Å²) in [5.74, 6) is 0.953. The monoisotopic (exact) mass is 491 g/mol. The molecule has 10 heteroatoms. The Morgan fingerprint density at radius 3 is 2.59 bits per heavy atom. The van der Waals surface area contributed by atoms with Crippen LogP contribution in [-0.2, 0) is 16.0 Å². The number of hydrogen-bond acceptors (Lipinski definition) is 4. The van der Waals surface area contributed by atoms with Gasteiger partial charge in [0.25, 0.3) is 0 Å². The number of halogens is 3. The molecule has 32 heavy (non-hydrogen) atoms. The molecule has 3 aromatic rings. The van der Waals surface area contributed by atoms with E-state index >= 15 is 0 Å². The van der Waals surface area contributed by atoms with Crippen LogP contribution >= 0.6 is 35.0 Å². The number of carbonyl (C=O) groups is 2. The van der Waals surface area contributed by atoms with Gasteiger partial charge in [-0.15, -0.1) is 0 Å².